The van der Waals surface area contributed by atoms with Crippen LogP contribution in [0.2, 0.25) is 0 Å². The molecular formula is C61H99N5O19. The molecule has 1 aromatic carbocycles. The van der Waals surface area contributed by atoms with Gasteiger partial charge in [0, 0.05) is 74.2 Å². The van der Waals surface area contributed by atoms with Crippen molar-refractivity contribution in [1.82, 2.24) is 19.7 Å². The SMILES string of the molecule is CC[C@H]1OC(=O)[C@H](C)[C@@H](O[C@H]2C[C@@](C)(OC)[C@@H](OC(=O)NCCOCCCc3cc4c5c(c3)c(=O)c(C(=O)O)cn5COC4)[C@H](C)O2)[C@H](C)[C@@H](OC2O[C@H](C)C[C@H](N(C)C)[C@H]2O)[C@](C)(O)C[C@@H](C)C(=NOCCN(CC)CC)[C@H](C)[C@@H](O)[C@]1(C)O. The van der Waals surface area contributed by atoms with Gasteiger partial charge in [0.2, 0.25) is 5.43 Å². The van der Waals surface area contributed by atoms with Gasteiger partial charge in [0.25, 0.3) is 0 Å². The van der Waals surface area contributed by atoms with E-state index in [1.807, 2.05) is 52.8 Å². The summed E-state index contributed by atoms with van der Waals surface area (Å²) >= 11 is 0. The number of ether oxygens (including phenoxy) is 9. The van der Waals surface area contributed by atoms with E-state index in [0.29, 0.717) is 55.6 Å². The molecule has 85 heavy (non-hydrogen) atoms. The number of esters is 1. The van der Waals surface area contributed by atoms with Crippen molar-refractivity contribution in [2.45, 2.75) is 219 Å². The van der Waals surface area contributed by atoms with E-state index in [-0.39, 0.29) is 63.5 Å². The summed E-state index contributed by atoms with van der Waals surface area (Å²) in [5.41, 5.74) is -3.26. The number of carboxylic acids is 1. The molecule has 24 heteroatoms. The molecule has 0 spiro atoms. The zero-order valence-electron chi connectivity index (χ0n) is 52.7. The van der Waals surface area contributed by atoms with Crippen molar-refractivity contribution < 1.29 is 87.4 Å². The van der Waals surface area contributed by atoms with E-state index in [1.165, 1.54) is 20.2 Å². The largest absolute Gasteiger partial charge is 0.477 e. The number of hydrogen-bond acceptors (Lipinski definition) is 21. The van der Waals surface area contributed by atoms with Crippen molar-refractivity contribution in [1.29, 1.82) is 0 Å². The maximum Gasteiger partial charge on any atom is 0.407 e. The lowest BCUT2D eigenvalue weighted by Crippen LogP contribution is -2.61. The van der Waals surface area contributed by atoms with E-state index >= 15 is 0 Å². The third-order valence-corrected chi connectivity index (χ3v) is 17.9. The summed E-state index contributed by atoms with van der Waals surface area (Å²) < 4.78 is 58.1. The molecule has 6 rings (SSSR count). The second-order valence-corrected chi connectivity index (χ2v) is 24.7. The Labute approximate surface area is 500 Å². The molecular weight excluding hydrogens is 1110 g/mol. The van der Waals surface area contributed by atoms with Gasteiger partial charge in [-0.1, -0.05) is 52.8 Å². The number of aliphatic hydroxyl groups excluding tert-OH is 2. The minimum absolute atomic E-state index is 0.0155. The van der Waals surface area contributed by atoms with E-state index in [1.54, 1.807) is 59.1 Å². The van der Waals surface area contributed by atoms with Crippen LogP contribution in [-0.4, -0.2) is 215 Å². The molecule has 24 nitrogen and oxygen atoms in total. The fraction of sp³-hybridized carbons (Fsp3) is 0.787. The summed E-state index contributed by atoms with van der Waals surface area (Å²) in [7, 11) is 5.19. The Morgan fingerprint density at radius 1 is 0.918 bits per heavy atom. The molecule has 1 amide bonds. The number of carboxylic acid groups (broad SMARTS) is 1. The van der Waals surface area contributed by atoms with Crippen molar-refractivity contribution in [2.75, 3.05) is 67.2 Å². The molecule has 4 aliphatic heterocycles. The average Bonchev–Trinajstić information content (AvgIpc) is 1.37. The number of oxime groups is 1. The fourth-order valence-corrected chi connectivity index (χ4v) is 13.0. The van der Waals surface area contributed by atoms with Crippen LogP contribution in [0.15, 0.2) is 28.3 Å². The maximum atomic E-state index is 14.8. The molecule has 0 bridgehead atoms. The molecule has 482 valence electrons. The van der Waals surface area contributed by atoms with E-state index in [0.717, 1.165) is 24.2 Å². The highest BCUT2D eigenvalue weighted by Gasteiger charge is 2.54. The second-order valence-electron chi connectivity index (χ2n) is 24.7. The van der Waals surface area contributed by atoms with Crippen LogP contribution in [0, 0.1) is 23.7 Å². The smallest absolute Gasteiger partial charge is 0.407 e. The number of benzene rings is 1. The van der Waals surface area contributed by atoms with Crippen LogP contribution in [0.5, 0.6) is 0 Å². The van der Waals surface area contributed by atoms with E-state index in [2.05, 4.69) is 15.4 Å². The van der Waals surface area contributed by atoms with Crippen LogP contribution < -0.4 is 10.7 Å². The van der Waals surface area contributed by atoms with E-state index < -0.39 is 119 Å². The molecule has 0 aliphatic carbocycles. The highest BCUT2D eigenvalue weighted by Crippen LogP contribution is 2.42. The first-order chi connectivity index (χ1) is 40.0. The number of pyridine rings is 1. The molecule has 5 heterocycles. The van der Waals surface area contributed by atoms with Crippen molar-refractivity contribution in [2.24, 2.45) is 28.8 Å². The molecule has 3 fully saturated rings. The number of methoxy groups -OCH3 is 1. The van der Waals surface area contributed by atoms with Gasteiger partial charge in [0.1, 0.15) is 42.3 Å². The summed E-state index contributed by atoms with van der Waals surface area (Å²) in [6, 6.07) is 3.30. The number of aromatic carboxylic acids is 1. The predicted octanol–water partition coefficient (Wildman–Crippen LogP) is 4.82. The number of carbonyl (C=O) groups excluding carboxylic acids is 2. The quantitative estimate of drug-likeness (QED) is 0.0523. The number of alkyl carbamates (subject to hydrolysis) is 1. The number of carbonyl (C=O) groups is 3. The van der Waals surface area contributed by atoms with Gasteiger partial charge in [-0.3, -0.25) is 9.59 Å². The van der Waals surface area contributed by atoms with Crippen LogP contribution in [0.4, 0.5) is 4.79 Å². The summed E-state index contributed by atoms with van der Waals surface area (Å²) in [6.45, 7) is 24.6. The van der Waals surface area contributed by atoms with Gasteiger partial charge in [-0.25, -0.2) is 9.59 Å². The highest BCUT2D eigenvalue weighted by atomic mass is 16.7. The molecule has 0 saturated carbocycles. The Hall–Kier alpha value is -4.41. The average molecular weight is 1210 g/mol. The molecule has 0 radical (unpaired) electrons. The summed E-state index contributed by atoms with van der Waals surface area (Å²) in [5, 5.41) is 66.6. The zero-order chi connectivity index (χ0) is 62.9. The number of rotatable bonds is 22. The molecule has 1 aromatic heterocycles. The van der Waals surface area contributed by atoms with E-state index in [9.17, 15) is 44.7 Å². The summed E-state index contributed by atoms with van der Waals surface area (Å²) in [6.07, 6.45) is -8.64. The Morgan fingerprint density at radius 3 is 2.27 bits per heavy atom. The van der Waals surface area contributed by atoms with Gasteiger partial charge in [0.05, 0.1) is 66.5 Å². The van der Waals surface area contributed by atoms with Crippen LogP contribution >= 0.6 is 0 Å². The van der Waals surface area contributed by atoms with Gasteiger partial charge < -0.3 is 92.7 Å². The monoisotopic (exact) mass is 1210 g/mol. The number of aliphatic hydroxyl groups is 4. The standard InChI is InChI=1S/C61H99N5O19/c1-16-45-61(12,75)52(69)36(6)47(63-79-25-22-65(17-2)18-3)34(4)29-59(10,74)53(84-57-50(68)44(64(13)14)26-35(5)80-57)37(7)51(38(8)56(72)82-45)83-46-30-60(11,76-15)54(39(9)81-46)85-58(73)62-21-24-77-23-19-20-40-27-41-32-78-33-66-31-43(55(70)71)49(67)42(28-40)48(41)66/h27-28,31,34-39,44-46,50-54,57,68-69,74-75H,16-26,29-30,32-33H2,1-15H3,(H,62,73)(H,70,71)/t34-,35-,36+,37+,38-,39+,44+,45-,46+,50-,51+,52-,53-,54+,57?,59-,60-,61-/m1/s1. The van der Waals surface area contributed by atoms with Gasteiger partial charge in [-0.2, -0.15) is 0 Å². The zero-order valence-corrected chi connectivity index (χ0v) is 52.7. The van der Waals surface area contributed by atoms with E-state index in [4.69, 9.17) is 47.5 Å². The van der Waals surface area contributed by atoms with Crippen molar-refractivity contribution in [3.63, 3.8) is 0 Å². The first-order valence-electron chi connectivity index (χ1n) is 30.3. The summed E-state index contributed by atoms with van der Waals surface area (Å²) in [5.74, 6) is -5.65. The lowest BCUT2D eigenvalue weighted by Gasteiger charge is -2.49. The maximum absolute atomic E-state index is 14.8. The predicted molar refractivity (Wildman–Crippen MR) is 314 cm³/mol. The summed E-state index contributed by atoms with van der Waals surface area (Å²) in [4.78, 5) is 63.1. The van der Waals surface area contributed by atoms with Crippen LogP contribution in [-0.2, 0) is 72.0 Å². The first-order valence-corrected chi connectivity index (χ1v) is 30.3. The third kappa shape index (κ3) is 16.7. The molecule has 18 atom stereocenters. The Kier molecular flexibility index (Phi) is 24.8. The lowest BCUT2D eigenvalue weighted by molar-refractivity contribution is -0.317. The molecule has 3 saturated heterocycles. The number of nitrogens with zero attached hydrogens (tertiary/aromatic N) is 4. The molecule has 1 unspecified atom stereocenters. The topological polar surface area (TPSA) is 298 Å². The second kappa shape index (κ2) is 30.2. The number of likely N-dealkylation sites (N-methyl/N-ethyl adjacent to an activating group) is 2. The minimum atomic E-state index is -2.00. The number of nitrogens with one attached hydrogen (secondary N) is 1. The Morgan fingerprint density at radius 2 is 1.62 bits per heavy atom. The van der Waals surface area contributed by atoms with Crippen molar-refractivity contribution in [3.05, 3.63) is 45.2 Å². The van der Waals surface area contributed by atoms with Gasteiger partial charge in [-0.15, -0.1) is 0 Å². The number of aromatic nitrogens is 1. The number of cyclic esters (lactones) is 1. The molecule has 4 aliphatic rings. The number of hydrogen-bond donors (Lipinski definition) is 6. The third-order valence-electron chi connectivity index (χ3n) is 17.9. The van der Waals surface area contributed by atoms with Crippen molar-refractivity contribution >= 4 is 34.6 Å². The number of amides is 1. The van der Waals surface area contributed by atoms with Gasteiger partial charge in [-0.05, 0) is 112 Å². The lowest BCUT2D eigenvalue weighted by atomic mass is 9.73. The Bertz CT molecular complexity index is 2630. The Balaban J connectivity index is 1.20. The van der Waals surface area contributed by atoms with Crippen LogP contribution in [0.1, 0.15) is 137 Å². The first kappa shape index (κ1) is 69.7. The fourth-order valence-electron chi connectivity index (χ4n) is 13.0. The normalized spacial score (nSPS) is 35.6. The van der Waals surface area contributed by atoms with Gasteiger partial charge >= 0.3 is 18.0 Å². The number of aryl methyl sites for hydroxylation is 1. The molecule has 2 aromatic rings. The van der Waals surface area contributed by atoms with Gasteiger partial charge in [0.15, 0.2) is 18.7 Å². The van der Waals surface area contributed by atoms with Crippen LogP contribution in [0.3, 0.4) is 0 Å². The molecule has 6 N–H and O–H groups in total. The van der Waals surface area contributed by atoms with Crippen LogP contribution in [0.25, 0.3) is 10.9 Å². The highest BCUT2D eigenvalue weighted by molar-refractivity contribution is 5.94. The van der Waals surface area contributed by atoms with Crippen molar-refractivity contribution in [3.8, 4) is 0 Å². The minimum Gasteiger partial charge on any atom is -0.477 e.